The van der Waals surface area contributed by atoms with Gasteiger partial charge in [0.25, 0.3) is 0 Å². The fourth-order valence-corrected chi connectivity index (χ4v) is 4.79. The molecule has 0 radical (unpaired) electrons. The fourth-order valence-electron chi connectivity index (χ4n) is 4.67. The Labute approximate surface area is 210 Å². The molecule has 0 fully saturated rings. The number of nitrogens with one attached hydrogen (secondary N) is 1. The van der Waals surface area contributed by atoms with Gasteiger partial charge in [0.15, 0.2) is 0 Å². The average Bonchev–Trinajstić information content (AvgIpc) is 2.87. The van der Waals surface area contributed by atoms with Gasteiger partial charge in [0, 0.05) is 40.4 Å². The number of fused-ring (bicyclic) bond motifs is 1. The number of aromatic nitrogens is 2. The molecule has 2 heterocycles. The molecule has 0 aliphatic carbocycles. The highest BCUT2D eigenvalue weighted by Crippen LogP contribution is 2.35. The second-order valence-electron chi connectivity index (χ2n) is 9.29. The number of nitrogens with zero attached hydrogens (tertiary/aromatic N) is 1. The zero-order chi connectivity index (χ0) is 24.4. The maximum atomic E-state index is 12.0. The van der Waals surface area contributed by atoms with Gasteiger partial charge >= 0.3 is 0 Å². The van der Waals surface area contributed by atoms with Crippen molar-refractivity contribution in [3.63, 3.8) is 0 Å². The Balaban J connectivity index is 1.64. The van der Waals surface area contributed by atoms with Crippen molar-refractivity contribution in [3.8, 4) is 11.1 Å². The number of rotatable bonds is 6. The van der Waals surface area contributed by atoms with Gasteiger partial charge in [0.05, 0.1) is 5.52 Å². The number of benzene rings is 3. The topological polar surface area (TPSA) is 45.8 Å². The molecule has 2 aromatic heterocycles. The summed E-state index contributed by atoms with van der Waals surface area (Å²) in [6.07, 6.45) is 4.27. The number of hydrogen-bond donors (Lipinski definition) is 1. The number of aromatic amines is 1. The lowest BCUT2D eigenvalue weighted by Crippen LogP contribution is -2.09. The molecule has 1 atom stereocenters. The molecule has 0 spiro atoms. The highest BCUT2D eigenvalue weighted by Gasteiger charge is 2.18. The molecule has 3 nitrogen and oxygen atoms in total. The zero-order valence-electron chi connectivity index (χ0n) is 19.8. The van der Waals surface area contributed by atoms with Gasteiger partial charge in [-0.1, -0.05) is 67.9 Å². The Morgan fingerprint density at radius 2 is 1.69 bits per heavy atom. The summed E-state index contributed by atoms with van der Waals surface area (Å²) in [5.74, 6) is 0.487. The van der Waals surface area contributed by atoms with Crippen LogP contribution in [0.5, 0.6) is 0 Å². The molecular formula is C31H27ClN2O. The molecule has 1 unspecified atom stereocenters. The molecule has 0 bridgehead atoms. The second kappa shape index (κ2) is 9.89. The summed E-state index contributed by atoms with van der Waals surface area (Å²) in [6, 6.07) is 29.0. The quantitative estimate of drug-likeness (QED) is 0.271. The van der Waals surface area contributed by atoms with E-state index in [1.54, 1.807) is 12.3 Å². The summed E-state index contributed by atoms with van der Waals surface area (Å²) in [5.41, 5.74) is 7.82. The summed E-state index contributed by atoms with van der Waals surface area (Å²) >= 11 is 6.19. The molecule has 0 saturated heterocycles. The fraction of sp³-hybridized carbons (Fsp3) is 0.161. The summed E-state index contributed by atoms with van der Waals surface area (Å²) in [4.78, 5) is 19.4. The average molecular weight is 479 g/mol. The maximum Gasteiger partial charge on any atom is 0.248 e. The molecule has 3 aromatic carbocycles. The van der Waals surface area contributed by atoms with Crippen LogP contribution in [0.4, 0.5) is 0 Å². The first-order chi connectivity index (χ1) is 17.0. The van der Waals surface area contributed by atoms with E-state index >= 15 is 0 Å². The predicted octanol–water partition coefficient (Wildman–Crippen LogP) is 7.74. The van der Waals surface area contributed by atoms with Crippen molar-refractivity contribution in [3.05, 3.63) is 135 Å². The van der Waals surface area contributed by atoms with Crippen LogP contribution >= 0.6 is 11.6 Å². The molecular weight excluding hydrogens is 452 g/mol. The van der Waals surface area contributed by atoms with Crippen molar-refractivity contribution >= 4 is 22.5 Å². The van der Waals surface area contributed by atoms with E-state index in [9.17, 15) is 4.79 Å². The largest absolute Gasteiger partial charge is 0.329 e. The normalized spacial score (nSPS) is 12.2. The molecule has 5 aromatic rings. The van der Waals surface area contributed by atoms with Gasteiger partial charge in [-0.15, -0.1) is 0 Å². The van der Waals surface area contributed by atoms with Crippen LogP contribution in [0.25, 0.3) is 22.0 Å². The molecule has 174 valence electrons. The van der Waals surface area contributed by atoms with Crippen molar-refractivity contribution in [2.75, 3.05) is 0 Å². The molecule has 0 amide bonds. The van der Waals surface area contributed by atoms with Crippen LogP contribution in [0.3, 0.4) is 0 Å². The highest BCUT2D eigenvalue weighted by molar-refractivity contribution is 6.30. The lowest BCUT2D eigenvalue weighted by Gasteiger charge is -2.20. The summed E-state index contributed by atoms with van der Waals surface area (Å²) in [7, 11) is 0. The van der Waals surface area contributed by atoms with Crippen molar-refractivity contribution in [1.82, 2.24) is 9.97 Å². The first-order valence-corrected chi connectivity index (χ1v) is 12.3. The molecule has 4 heteroatoms. The highest BCUT2D eigenvalue weighted by atomic mass is 35.5. The molecule has 35 heavy (non-hydrogen) atoms. The maximum absolute atomic E-state index is 12.0. The third kappa shape index (κ3) is 5.06. The lowest BCUT2D eigenvalue weighted by molar-refractivity contribution is 0.802. The van der Waals surface area contributed by atoms with Crippen LogP contribution in [0.15, 0.2) is 102 Å². The van der Waals surface area contributed by atoms with Crippen molar-refractivity contribution in [1.29, 1.82) is 0 Å². The molecule has 1 N–H and O–H groups in total. The van der Waals surface area contributed by atoms with Crippen molar-refractivity contribution in [2.45, 2.75) is 32.1 Å². The van der Waals surface area contributed by atoms with Gasteiger partial charge in [-0.25, -0.2) is 0 Å². The summed E-state index contributed by atoms with van der Waals surface area (Å²) in [5, 5.41) is 1.86. The van der Waals surface area contributed by atoms with E-state index in [4.69, 9.17) is 16.6 Å². The zero-order valence-corrected chi connectivity index (χ0v) is 20.6. The molecule has 0 aliphatic rings. The number of hydrogen-bond acceptors (Lipinski definition) is 2. The Kier molecular flexibility index (Phi) is 6.52. The lowest BCUT2D eigenvalue weighted by atomic mass is 9.84. The van der Waals surface area contributed by atoms with E-state index in [2.05, 4.69) is 73.4 Å². The van der Waals surface area contributed by atoms with Gasteiger partial charge in [-0.3, -0.25) is 9.78 Å². The Hall–Kier alpha value is -3.69. The van der Waals surface area contributed by atoms with E-state index in [1.165, 1.54) is 11.1 Å². The molecule has 0 aliphatic heterocycles. The monoisotopic (exact) mass is 478 g/mol. The van der Waals surface area contributed by atoms with Gasteiger partial charge < -0.3 is 4.98 Å². The minimum Gasteiger partial charge on any atom is -0.329 e. The number of pyridine rings is 2. The van der Waals surface area contributed by atoms with Crippen LogP contribution in [-0.2, 0) is 6.42 Å². The minimum absolute atomic E-state index is 0.0709. The van der Waals surface area contributed by atoms with E-state index in [0.717, 1.165) is 33.2 Å². The number of halogens is 1. The van der Waals surface area contributed by atoms with Gasteiger partial charge in [0.2, 0.25) is 5.56 Å². The van der Waals surface area contributed by atoms with Crippen LogP contribution in [0.1, 0.15) is 47.9 Å². The first-order valence-electron chi connectivity index (χ1n) is 11.9. The van der Waals surface area contributed by atoms with Crippen LogP contribution in [0.2, 0.25) is 5.02 Å². The Morgan fingerprint density at radius 3 is 2.46 bits per heavy atom. The van der Waals surface area contributed by atoms with E-state index in [-0.39, 0.29) is 11.5 Å². The number of H-pyrrole nitrogens is 1. The van der Waals surface area contributed by atoms with Gasteiger partial charge in [-0.05, 0) is 76.6 Å². The van der Waals surface area contributed by atoms with Crippen LogP contribution in [0, 0.1) is 0 Å². The smallest absolute Gasteiger partial charge is 0.248 e. The van der Waals surface area contributed by atoms with Gasteiger partial charge in [0.1, 0.15) is 0 Å². The summed E-state index contributed by atoms with van der Waals surface area (Å²) in [6.45, 7) is 4.44. The third-order valence-electron chi connectivity index (χ3n) is 6.55. The van der Waals surface area contributed by atoms with E-state index in [1.807, 2.05) is 30.5 Å². The molecule has 5 rings (SSSR count). The first kappa shape index (κ1) is 23.1. The van der Waals surface area contributed by atoms with Gasteiger partial charge in [-0.2, -0.15) is 0 Å². The standard InChI is InChI=1S/C31H27ClN2O/c1-20(2)26-18-25-7-4-13-34-31(25)29(19-26)24-6-3-5-23(17-24)28(22-8-10-27(32)11-9-22)15-21-12-14-33-30(35)16-21/h3-14,16-20,28H,15H2,1-2H3,(H,33,35). The predicted molar refractivity (Wildman–Crippen MR) is 145 cm³/mol. The molecule has 0 saturated carbocycles. The van der Waals surface area contributed by atoms with E-state index < -0.39 is 0 Å². The Bertz CT molecular complexity index is 1540. The summed E-state index contributed by atoms with van der Waals surface area (Å²) < 4.78 is 0. The van der Waals surface area contributed by atoms with Crippen molar-refractivity contribution < 1.29 is 0 Å². The van der Waals surface area contributed by atoms with Crippen LogP contribution in [-0.4, -0.2) is 9.97 Å². The Morgan fingerprint density at radius 1 is 0.857 bits per heavy atom. The van der Waals surface area contributed by atoms with E-state index in [0.29, 0.717) is 17.4 Å². The second-order valence-corrected chi connectivity index (χ2v) is 9.73. The van der Waals surface area contributed by atoms with Crippen molar-refractivity contribution in [2.24, 2.45) is 0 Å². The third-order valence-corrected chi connectivity index (χ3v) is 6.80. The minimum atomic E-state index is -0.0887. The van der Waals surface area contributed by atoms with Crippen LogP contribution < -0.4 is 5.56 Å². The SMILES string of the molecule is CC(C)c1cc(-c2cccc(C(Cc3cc[nH]c(=O)c3)c3ccc(Cl)cc3)c2)c2ncccc2c1.